The largest absolute Gasteiger partial charge is 0.480 e. The summed E-state index contributed by atoms with van der Waals surface area (Å²) in [7, 11) is 0. The van der Waals surface area contributed by atoms with Crippen molar-refractivity contribution in [3.63, 3.8) is 0 Å². The van der Waals surface area contributed by atoms with Crippen LogP contribution in [0.25, 0.3) is 11.0 Å². The number of carboxylic acids is 1. The number of aliphatic hydroxyl groups is 1. The van der Waals surface area contributed by atoms with E-state index in [1.807, 2.05) is 0 Å². The van der Waals surface area contributed by atoms with Gasteiger partial charge in [-0.1, -0.05) is 0 Å². The average molecular weight is 483 g/mol. The van der Waals surface area contributed by atoms with E-state index in [0.717, 1.165) is 0 Å². The summed E-state index contributed by atoms with van der Waals surface area (Å²) < 4.78 is 0. The van der Waals surface area contributed by atoms with Gasteiger partial charge in [0.25, 0.3) is 11.5 Å². The molecule has 184 valence electrons. The number of aliphatic carboxylic acids is 1. The standard InChI is InChI=1S/C22H25N7O6/c23-17-9-16-19(21(33)29-17)27-14(11-26-16)10-25-13-3-1-12(2-4-13)20(32)28-15(22(34)35)5-6-18(31)24-7-8-30/h1-4,9,11,15,25,30H,5-8,10H2,(H,24,31)(H,28,32)(H,34,35)(H3,23,29,33)/t15-/m0/s1. The number of carbonyl (C=O) groups is 3. The summed E-state index contributed by atoms with van der Waals surface area (Å²) in [5.74, 6) is -2.08. The summed E-state index contributed by atoms with van der Waals surface area (Å²) in [6.07, 6.45) is 1.31. The first-order chi connectivity index (χ1) is 16.8. The molecule has 0 spiro atoms. The zero-order valence-corrected chi connectivity index (χ0v) is 18.6. The fourth-order valence-corrected chi connectivity index (χ4v) is 3.16. The first-order valence-electron chi connectivity index (χ1n) is 10.7. The number of nitrogens with two attached hydrogens (primary N) is 1. The number of nitrogen functional groups attached to an aromatic ring is 1. The van der Waals surface area contributed by atoms with Crippen molar-refractivity contribution in [1.82, 2.24) is 25.6 Å². The number of nitrogens with one attached hydrogen (secondary N) is 4. The van der Waals surface area contributed by atoms with E-state index >= 15 is 0 Å². The number of aliphatic hydroxyl groups excluding tert-OH is 1. The lowest BCUT2D eigenvalue weighted by molar-refractivity contribution is -0.139. The molecule has 0 fully saturated rings. The predicted octanol–water partition coefficient (Wildman–Crippen LogP) is -0.416. The van der Waals surface area contributed by atoms with Gasteiger partial charge in [0.15, 0.2) is 5.52 Å². The Morgan fingerprint density at radius 3 is 2.60 bits per heavy atom. The van der Waals surface area contributed by atoms with Gasteiger partial charge >= 0.3 is 5.97 Å². The van der Waals surface area contributed by atoms with Gasteiger partial charge in [-0.25, -0.2) is 9.78 Å². The van der Waals surface area contributed by atoms with Crippen LogP contribution in [0.15, 0.2) is 41.3 Å². The molecule has 0 saturated carbocycles. The van der Waals surface area contributed by atoms with Crippen molar-refractivity contribution < 1.29 is 24.6 Å². The highest BCUT2D eigenvalue weighted by Crippen LogP contribution is 2.13. The molecule has 0 aliphatic carbocycles. The predicted molar refractivity (Wildman–Crippen MR) is 127 cm³/mol. The minimum atomic E-state index is -1.26. The number of hydrogen-bond donors (Lipinski definition) is 7. The van der Waals surface area contributed by atoms with Crippen molar-refractivity contribution in [3.05, 3.63) is 58.1 Å². The van der Waals surface area contributed by atoms with Crippen molar-refractivity contribution >= 4 is 40.3 Å². The Kier molecular flexibility index (Phi) is 8.29. The number of nitrogens with zero attached hydrogens (tertiary/aromatic N) is 2. The number of amides is 2. The quantitative estimate of drug-likeness (QED) is 0.187. The number of H-pyrrole nitrogens is 1. The van der Waals surface area contributed by atoms with Crippen LogP contribution in [0.5, 0.6) is 0 Å². The van der Waals surface area contributed by atoms with Gasteiger partial charge in [-0.2, -0.15) is 0 Å². The average Bonchev–Trinajstić information content (AvgIpc) is 2.84. The van der Waals surface area contributed by atoms with Crippen LogP contribution in [0.1, 0.15) is 28.9 Å². The summed E-state index contributed by atoms with van der Waals surface area (Å²) in [5, 5.41) is 26.0. The SMILES string of the molecule is Nc1cc2ncc(CNc3ccc(C(=O)N[C@@H](CCC(=O)NCCO)C(=O)O)cc3)nc2c(=O)[nH]1. The first kappa shape index (κ1) is 25.1. The van der Waals surface area contributed by atoms with Crippen molar-refractivity contribution in [1.29, 1.82) is 0 Å². The summed E-state index contributed by atoms with van der Waals surface area (Å²) >= 11 is 0. The van der Waals surface area contributed by atoms with Crippen LogP contribution in [0, 0.1) is 0 Å². The molecule has 3 aromatic rings. The fourth-order valence-electron chi connectivity index (χ4n) is 3.16. The minimum absolute atomic E-state index is 0.0736. The van der Waals surface area contributed by atoms with Crippen LogP contribution >= 0.6 is 0 Å². The van der Waals surface area contributed by atoms with Crippen molar-refractivity contribution in [3.8, 4) is 0 Å². The maximum Gasteiger partial charge on any atom is 0.326 e. The first-order valence-corrected chi connectivity index (χ1v) is 10.7. The van der Waals surface area contributed by atoms with Gasteiger partial charge in [0.05, 0.1) is 30.6 Å². The van der Waals surface area contributed by atoms with Crippen LogP contribution in [0.2, 0.25) is 0 Å². The molecule has 35 heavy (non-hydrogen) atoms. The zero-order chi connectivity index (χ0) is 25.4. The maximum atomic E-state index is 12.5. The van der Waals surface area contributed by atoms with Gasteiger partial charge in [0.2, 0.25) is 5.91 Å². The third-order valence-electron chi connectivity index (χ3n) is 4.93. The molecule has 2 heterocycles. The lowest BCUT2D eigenvalue weighted by atomic mass is 10.1. The highest BCUT2D eigenvalue weighted by atomic mass is 16.4. The second-order valence-electron chi connectivity index (χ2n) is 7.56. The van der Waals surface area contributed by atoms with Crippen molar-refractivity contribution in [2.75, 3.05) is 24.2 Å². The molecule has 2 amide bonds. The van der Waals surface area contributed by atoms with Gasteiger partial charge in [-0.15, -0.1) is 0 Å². The summed E-state index contributed by atoms with van der Waals surface area (Å²) in [4.78, 5) is 58.5. The monoisotopic (exact) mass is 483 g/mol. The molecule has 0 unspecified atom stereocenters. The molecule has 13 nitrogen and oxygen atoms in total. The second kappa shape index (κ2) is 11.6. The number of fused-ring (bicyclic) bond motifs is 1. The topological polar surface area (TPSA) is 212 Å². The third kappa shape index (κ3) is 6.98. The van der Waals surface area contributed by atoms with E-state index in [1.165, 1.54) is 24.4 Å². The lowest BCUT2D eigenvalue weighted by Crippen LogP contribution is -2.41. The molecule has 1 atom stereocenters. The molecule has 0 radical (unpaired) electrons. The van der Waals surface area contributed by atoms with Crippen LogP contribution < -0.4 is 27.2 Å². The molecule has 2 aromatic heterocycles. The molecular formula is C22H25N7O6. The van der Waals surface area contributed by atoms with Gasteiger partial charge in [0.1, 0.15) is 11.9 Å². The molecular weight excluding hydrogens is 458 g/mol. The van der Waals surface area contributed by atoms with E-state index in [4.69, 9.17) is 10.8 Å². The highest BCUT2D eigenvalue weighted by Gasteiger charge is 2.21. The Bertz CT molecular complexity index is 1280. The number of anilines is 2. The summed E-state index contributed by atoms with van der Waals surface area (Å²) in [6, 6.07) is 6.58. The van der Waals surface area contributed by atoms with Gasteiger partial charge < -0.3 is 36.9 Å². The van der Waals surface area contributed by atoms with E-state index in [-0.39, 0.29) is 49.4 Å². The van der Waals surface area contributed by atoms with E-state index in [1.54, 1.807) is 12.1 Å². The number of aromatic nitrogens is 3. The third-order valence-corrected chi connectivity index (χ3v) is 4.93. The van der Waals surface area contributed by atoms with Gasteiger partial charge in [0, 0.05) is 30.3 Å². The number of rotatable bonds is 11. The Morgan fingerprint density at radius 2 is 1.91 bits per heavy atom. The molecule has 0 aliphatic heterocycles. The fraction of sp³-hybridized carbons (Fsp3) is 0.273. The van der Waals surface area contributed by atoms with E-state index in [9.17, 15) is 24.3 Å². The smallest absolute Gasteiger partial charge is 0.326 e. The summed E-state index contributed by atoms with van der Waals surface area (Å²) in [5.41, 5.74) is 7.13. The normalized spacial score (nSPS) is 11.6. The Labute approximate surface area is 198 Å². The maximum absolute atomic E-state index is 12.5. The second-order valence-corrected chi connectivity index (χ2v) is 7.56. The Hall–Kier alpha value is -4.52. The zero-order valence-electron chi connectivity index (χ0n) is 18.6. The highest BCUT2D eigenvalue weighted by molar-refractivity contribution is 5.97. The summed E-state index contributed by atoms with van der Waals surface area (Å²) in [6.45, 7) is 0.114. The van der Waals surface area contributed by atoms with Crippen molar-refractivity contribution in [2.45, 2.75) is 25.4 Å². The number of aromatic amines is 1. The number of benzene rings is 1. The molecule has 13 heteroatoms. The molecule has 1 aromatic carbocycles. The molecule has 3 rings (SSSR count). The number of pyridine rings is 1. The number of carbonyl (C=O) groups excluding carboxylic acids is 2. The van der Waals surface area contributed by atoms with Crippen LogP contribution in [-0.4, -0.2) is 62.1 Å². The lowest BCUT2D eigenvalue weighted by Gasteiger charge is -2.15. The van der Waals surface area contributed by atoms with E-state index in [2.05, 4.69) is 30.9 Å². The van der Waals surface area contributed by atoms with Gasteiger partial charge in [-0.05, 0) is 30.7 Å². The van der Waals surface area contributed by atoms with E-state index in [0.29, 0.717) is 16.9 Å². The van der Waals surface area contributed by atoms with Crippen molar-refractivity contribution in [2.24, 2.45) is 0 Å². The van der Waals surface area contributed by atoms with Gasteiger partial charge in [-0.3, -0.25) is 19.4 Å². The molecule has 0 aliphatic rings. The molecule has 0 saturated heterocycles. The Morgan fingerprint density at radius 1 is 1.17 bits per heavy atom. The number of carboxylic acid groups (broad SMARTS) is 1. The minimum Gasteiger partial charge on any atom is -0.480 e. The molecule has 8 N–H and O–H groups in total. The van der Waals surface area contributed by atoms with Crippen LogP contribution in [0.4, 0.5) is 11.5 Å². The van der Waals surface area contributed by atoms with E-state index < -0.39 is 29.4 Å². The molecule has 0 bridgehead atoms. The number of hydrogen-bond acceptors (Lipinski definition) is 9. The van der Waals surface area contributed by atoms with Crippen LogP contribution in [0.3, 0.4) is 0 Å². The van der Waals surface area contributed by atoms with Crippen LogP contribution in [-0.2, 0) is 16.1 Å². The Balaban J connectivity index is 1.57.